The molecule has 40 heavy (non-hydrogen) atoms. The van der Waals surface area contributed by atoms with Crippen molar-refractivity contribution in [3.8, 4) is 16.8 Å². The average Bonchev–Trinajstić information content (AvgIpc) is 3.00. The first-order valence-electron chi connectivity index (χ1n) is 15.2. The summed E-state index contributed by atoms with van der Waals surface area (Å²) in [7, 11) is 1.95. The van der Waals surface area contributed by atoms with Gasteiger partial charge in [0.15, 0.2) is 0 Å². The highest BCUT2D eigenvalue weighted by atomic mass is 16.1. The standard InChI is InChI=1S/C36H43N3O/c1-4-11-34-32(25-28-16-20-29(21-17-28)31-14-9-10-15-33(31)37-3)36(40)39(35(5-2)38-34)30-22-18-27(19-23-30)24-26-12-7-6-8-13-26/h9-10,14-23,26,37H,4-8,11-13,24-25H2,1-3H3. The number of benzene rings is 3. The van der Waals surface area contributed by atoms with Gasteiger partial charge in [-0.3, -0.25) is 9.36 Å². The molecule has 1 aromatic heterocycles. The zero-order valence-corrected chi connectivity index (χ0v) is 24.4. The first-order chi connectivity index (χ1) is 19.6. The van der Waals surface area contributed by atoms with Gasteiger partial charge in [-0.1, -0.05) is 107 Å². The van der Waals surface area contributed by atoms with Crippen LogP contribution in [0, 0.1) is 5.92 Å². The molecule has 1 N–H and O–H groups in total. The minimum atomic E-state index is 0.0694. The van der Waals surface area contributed by atoms with Gasteiger partial charge in [0.2, 0.25) is 0 Å². The summed E-state index contributed by atoms with van der Waals surface area (Å²) >= 11 is 0. The fraction of sp³-hybridized carbons (Fsp3) is 0.389. The summed E-state index contributed by atoms with van der Waals surface area (Å²) in [5.41, 5.74) is 8.68. The van der Waals surface area contributed by atoms with Crippen molar-refractivity contribution >= 4 is 5.69 Å². The quantitative estimate of drug-likeness (QED) is 0.224. The molecule has 0 spiro atoms. The highest BCUT2D eigenvalue weighted by molar-refractivity contribution is 5.77. The maximum atomic E-state index is 14.1. The first-order valence-corrected chi connectivity index (χ1v) is 15.2. The third-order valence-electron chi connectivity index (χ3n) is 8.42. The second kappa shape index (κ2) is 13.1. The molecule has 0 aliphatic heterocycles. The number of anilines is 1. The van der Waals surface area contributed by atoms with E-state index in [-0.39, 0.29) is 5.56 Å². The molecular formula is C36H43N3O. The Balaban J connectivity index is 1.45. The van der Waals surface area contributed by atoms with Crippen molar-refractivity contribution in [2.24, 2.45) is 5.92 Å². The predicted molar refractivity (Wildman–Crippen MR) is 168 cm³/mol. The lowest BCUT2D eigenvalue weighted by Gasteiger charge is -2.21. The Morgan fingerprint density at radius 2 is 1.57 bits per heavy atom. The van der Waals surface area contributed by atoms with E-state index in [1.54, 1.807) is 0 Å². The molecule has 0 atom stereocenters. The van der Waals surface area contributed by atoms with Gasteiger partial charge in [-0.25, -0.2) is 4.98 Å². The van der Waals surface area contributed by atoms with Crippen LogP contribution in [-0.2, 0) is 25.7 Å². The monoisotopic (exact) mass is 533 g/mol. The molecule has 0 saturated heterocycles. The van der Waals surface area contributed by atoms with Crippen LogP contribution in [0.5, 0.6) is 0 Å². The molecular weight excluding hydrogens is 490 g/mol. The van der Waals surface area contributed by atoms with Gasteiger partial charge in [-0.15, -0.1) is 0 Å². The number of nitrogens with zero attached hydrogens (tertiary/aromatic N) is 2. The molecule has 0 unspecified atom stereocenters. The molecule has 1 saturated carbocycles. The van der Waals surface area contributed by atoms with Crippen molar-refractivity contribution in [2.45, 2.75) is 78.1 Å². The van der Waals surface area contributed by atoms with E-state index in [4.69, 9.17) is 4.98 Å². The smallest absolute Gasteiger partial charge is 0.261 e. The Bertz CT molecular complexity index is 1460. The Morgan fingerprint density at radius 3 is 2.25 bits per heavy atom. The molecule has 1 aliphatic rings. The van der Waals surface area contributed by atoms with Crippen LogP contribution in [0.2, 0.25) is 0 Å². The van der Waals surface area contributed by atoms with E-state index in [0.717, 1.165) is 71.2 Å². The van der Waals surface area contributed by atoms with Crippen LogP contribution < -0.4 is 10.9 Å². The van der Waals surface area contributed by atoms with Gasteiger partial charge in [0, 0.05) is 36.7 Å². The van der Waals surface area contributed by atoms with Gasteiger partial charge in [0.05, 0.1) is 11.4 Å². The second-order valence-corrected chi connectivity index (χ2v) is 11.2. The molecule has 208 valence electrons. The van der Waals surface area contributed by atoms with Gasteiger partial charge >= 0.3 is 0 Å². The van der Waals surface area contributed by atoms with E-state index < -0.39 is 0 Å². The molecule has 0 bridgehead atoms. The minimum Gasteiger partial charge on any atom is -0.388 e. The zero-order chi connectivity index (χ0) is 27.9. The topological polar surface area (TPSA) is 46.9 Å². The van der Waals surface area contributed by atoms with Crippen molar-refractivity contribution < 1.29 is 0 Å². The maximum absolute atomic E-state index is 14.1. The van der Waals surface area contributed by atoms with Crippen molar-refractivity contribution in [3.05, 3.63) is 111 Å². The molecule has 1 aliphatic carbocycles. The Kier molecular flexibility index (Phi) is 9.15. The molecule has 4 aromatic rings. The lowest BCUT2D eigenvalue weighted by molar-refractivity contribution is 0.356. The number of hydrogen-bond donors (Lipinski definition) is 1. The van der Waals surface area contributed by atoms with Crippen LogP contribution in [0.15, 0.2) is 77.6 Å². The van der Waals surface area contributed by atoms with Crippen LogP contribution in [-0.4, -0.2) is 16.6 Å². The van der Waals surface area contributed by atoms with Crippen molar-refractivity contribution in [2.75, 3.05) is 12.4 Å². The Morgan fingerprint density at radius 1 is 0.875 bits per heavy atom. The summed E-state index contributed by atoms with van der Waals surface area (Å²) in [6.45, 7) is 4.24. The van der Waals surface area contributed by atoms with E-state index >= 15 is 0 Å². The third kappa shape index (κ3) is 6.22. The first kappa shape index (κ1) is 27.9. The summed E-state index contributed by atoms with van der Waals surface area (Å²) < 4.78 is 1.86. The SMILES string of the molecule is CCCc1nc(CC)n(-c2ccc(CC3CCCCC3)cc2)c(=O)c1Cc1ccc(-c2ccccc2NC)cc1. The largest absolute Gasteiger partial charge is 0.388 e. The second-order valence-electron chi connectivity index (χ2n) is 11.2. The van der Waals surface area contributed by atoms with E-state index in [1.165, 1.54) is 43.2 Å². The predicted octanol–water partition coefficient (Wildman–Crippen LogP) is 8.17. The van der Waals surface area contributed by atoms with Crippen LogP contribution in [0.1, 0.15) is 80.6 Å². The molecule has 0 radical (unpaired) electrons. The Labute approximate surface area is 239 Å². The molecule has 1 fully saturated rings. The van der Waals surface area contributed by atoms with E-state index in [1.807, 2.05) is 17.7 Å². The van der Waals surface area contributed by atoms with Crippen molar-refractivity contribution in [3.63, 3.8) is 0 Å². The van der Waals surface area contributed by atoms with Gasteiger partial charge < -0.3 is 5.32 Å². The van der Waals surface area contributed by atoms with Crippen LogP contribution in [0.4, 0.5) is 5.69 Å². The maximum Gasteiger partial charge on any atom is 0.261 e. The van der Waals surface area contributed by atoms with E-state index in [0.29, 0.717) is 6.42 Å². The minimum absolute atomic E-state index is 0.0694. The fourth-order valence-electron chi connectivity index (χ4n) is 6.24. The number of hydrogen-bond acceptors (Lipinski definition) is 3. The normalized spacial score (nSPS) is 13.9. The van der Waals surface area contributed by atoms with Crippen molar-refractivity contribution in [1.82, 2.24) is 9.55 Å². The summed E-state index contributed by atoms with van der Waals surface area (Å²) in [5, 5.41) is 3.28. The van der Waals surface area contributed by atoms with Crippen LogP contribution in [0.25, 0.3) is 16.8 Å². The summed E-state index contributed by atoms with van der Waals surface area (Å²) in [4.78, 5) is 19.2. The van der Waals surface area contributed by atoms with E-state index in [9.17, 15) is 4.79 Å². The molecule has 5 rings (SSSR count). The average molecular weight is 534 g/mol. The molecule has 1 heterocycles. The fourth-order valence-corrected chi connectivity index (χ4v) is 6.24. The highest BCUT2D eigenvalue weighted by Crippen LogP contribution is 2.29. The highest BCUT2D eigenvalue weighted by Gasteiger charge is 2.18. The molecule has 4 heteroatoms. The molecule has 4 nitrogen and oxygen atoms in total. The zero-order valence-electron chi connectivity index (χ0n) is 24.4. The number of para-hydroxylation sites is 1. The van der Waals surface area contributed by atoms with Crippen LogP contribution >= 0.6 is 0 Å². The summed E-state index contributed by atoms with van der Waals surface area (Å²) in [6, 6.07) is 25.6. The number of aromatic nitrogens is 2. The van der Waals surface area contributed by atoms with Crippen LogP contribution in [0.3, 0.4) is 0 Å². The van der Waals surface area contributed by atoms with Gasteiger partial charge in [0.25, 0.3) is 5.56 Å². The number of nitrogens with one attached hydrogen (secondary N) is 1. The number of rotatable bonds is 10. The third-order valence-corrected chi connectivity index (χ3v) is 8.42. The van der Waals surface area contributed by atoms with Gasteiger partial charge in [-0.2, -0.15) is 0 Å². The Hall–Kier alpha value is -3.66. The summed E-state index contributed by atoms with van der Waals surface area (Å²) in [5.74, 6) is 1.64. The lowest BCUT2D eigenvalue weighted by Crippen LogP contribution is -2.29. The molecule has 3 aromatic carbocycles. The molecule has 0 amide bonds. The van der Waals surface area contributed by atoms with Gasteiger partial charge in [-0.05, 0) is 53.6 Å². The van der Waals surface area contributed by atoms with Gasteiger partial charge in [0.1, 0.15) is 5.82 Å². The number of aryl methyl sites for hydroxylation is 2. The lowest BCUT2D eigenvalue weighted by atomic mass is 9.85. The van der Waals surface area contributed by atoms with E-state index in [2.05, 4.69) is 85.9 Å². The summed E-state index contributed by atoms with van der Waals surface area (Å²) in [6.07, 6.45) is 11.0. The van der Waals surface area contributed by atoms with Crippen molar-refractivity contribution in [1.29, 1.82) is 0 Å².